The summed E-state index contributed by atoms with van der Waals surface area (Å²) in [4.78, 5) is 17.1. The summed E-state index contributed by atoms with van der Waals surface area (Å²) < 4.78 is 1.86. The molecule has 1 aliphatic carbocycles. The number of anilines is 1. The standard InChI is InChI=1S/C22H30N4O/c1-16-7-8-20-19(13-16)14-26(23-20)15-22(27)25-11-9-24(10-12-25)21-6-4-5-17(2)18(21)3/h4-6,14,16H,7-13,15H2,1-3H3. The highest BCUT2D eigenvalue weighted by Gasteiger charge is 2.24. The minimum atomic E-state index is 0.184. The van der Waals surface area contributed by atoms with Gasteiger partial charge in [0.15, 0.2) is 0 Å². The van der Waals surface area contributed by atoms with Crippen LogP contribution in [0.2, 0.25) is 0 Å². The molecule has 1 aliphatic heterocycles. The third kappa shape index (κ3) is 3.73. The maximum Gasteiger partial charge on any atom is 0.244 e. The van der Waals surface area contributed by atoms with Crippen LogP contribution in [-0.4, -0.2) is 46.8 Å². The van der Waals surface area contributed by atoms with Crippen molar-refractivity contribution in [3.63, 3.8) is 0 Å². The van der Waals surface area contributed by atoms with Crippen LogP contribution in [0.3, 0.4) is 0 Å². The van der Waals surface area contributed by atoms with Crippen LogP contribution in [0.1, 0.15) is 35.7 Å². The van der Waals surface area contributed by atoms with Gasteiger partial charge in [0.2, 0.25) is 5.91 Å². The number of carbonyl (C=O) groups excluding carboxylic acids is 1. The van der Waals surface area contributed by atoms with Crippen molar-refractivity contribution in [3.05, 3.63) is 46.8 Å². The fourth-order valence-electron chi connectivity index (χ4n) is 4.34. The Morgan fingerprint density at radius 2 is 1.96 bits per heavy atom. The lowest BCUT2D eigenvalue weighted by atomic mass is 9.89. The van der Waals surface area contributed by atoms with Gasteiger partial charge in [-0.05, 0) is 61.8 Å². The van der Waals surface area contributed by atoms with E-state index in [9.17, 15) is 4.79 Å². The Morgan fingerprint density at radius 1 is 1.19 bits per heavy atom. The molecule has 0 N–H and O–H groups in total. The van der Waals surface area contributed by atoms with E-state index in [4.69, 9.17) is 0 Å². The molecule has 0 radical (unpaired) electrons. The summed E-state index contributed by atoms with van der Waals surface area (Å²) in [6, 6.07) is 6.47. The summed E-state index contributed by atoms with van der Waals surface area (Å²) in [5, 5.41) is 4.66. The lowest BCUT2D eigenvalue weighted by Gasteiger charge is -2.37. The number of nitrogens with zero attached hydrogens (tertiary/aromatic N) is 4. The SMILES string of the molecule is Cc1cccc(N2CCN(C(=O)Cn3cc4c(n3)CCC(C)C4)CC2)c1C. The molecule has 1 amide bonds. The van der Waals surface area contributed by atoms with Gasteiger partial charge >= 0.3 is 0 Å². The van der Waals surface area contributed by atoms with Gasteiger partial charge in [-0.3, -0.25) is 9.48 Å². The minimum Gasteiger partial charge on any atom is -0.368 e. The van der Waals surface area contributed by atoms with Crippen molar-refractivity contribution in [2.45, 2.75) is 46.6 Å². The largest absolute Gasteiger partial charge is 0.368 e. The Hall–Kier alpha value is -2.30. The Labute approximate surface area is 162 Å². The first-order valence-corrected chi connectivity index (χ1v) is 10.2. The van der Waals surface area contributed by atoms with Crippen molar-refractivity contribution >= 4 is 11.6 Å². The molecule has 5 nitrogen and oxygen atoms in total. The second-order valence-corrected chi connectivity index (χ2v) is 8.23. The molecule has 0 bridgehead atoms. The van der Waals surface area contributed by atoms with Crippen molar-refractivity contribution in [1.82, 2.24) is 14.7 Å². The molecule has 0 spiro atoms. The maximum atomic E-state index is 12.8. The molecule has 1 aromatic heterocycles. The van der Waals surface area contributed by atoms with Crippen LogP contribution >= 0.6 is 0 Å². The summed E-state index contributed by atoms with van der Waals surface area (Å²) in [6.07, 6.45) is 5.44. The van der Waals surface area contributed by atoms with Crippen LogP contribution in [0.5, 0.6) is 0 Å². The summed E-state index contributed by atoms with van der Waals surface area (Å²) in [5.74, 6) is 0.910. The van der Waals surface area contributed by atoms with E-state index in [-0.39, 0.29) is 5.91 Å². The Kier molecular flexibility index (Phi) is 4.94. The van der Waals surface area contributed by atoms with Crippen LogP contribution in [0, 0.1) is 19.8 Å². The number of piperazine rings is 1. The number of amides is 1. The molecular formula is C22H30N4O. The van der Waals surface area contributed by atoms with E-state index in [1.165, 1.54) is 34.5 Å². The first-order chi connectivity index (χ1) is 13.0. The smallest absolute Gasteiger partial charge is 0.244 e. The van der Waals surface area contributed by atoms with Gasteiger partial charge in [-0.25, -0.2) is 0 Å². The lowest BCUT2D eigenvalue weighted by molar-refractivity contribution is -0.132. The van der Waals surface area contributed by atoms with Gasteiger partial charge in [0, 0.05) is 38.1 Å². The average Bonchev–Trinajstić information content (AvgIpc) is 3.05. The molecule has 144 valence electrons. The molecule has 1 aromatic carbocycles. The third-order valence-corrected chi connectivity index (χ3v) is 6.21. The molecule has 1 saturated heterocycles. The number of hydrogen-bond acceptors (Lipinski definition) is 3. The van der Waals surface area contributed by atoms with E-state index in [1.807, 2.05) is 9.58 Å². The number of rotatable bonds is 3. The Balaban J connectivity index is 1.36. The Bertz CT molecular complexity index is 833. The van der Waals surface area contributed by atoms with Gasteiger partial charge in [-0.1, -0.05) is 19.1 Å². The third-order valence-electron chi connectivity index (χ3n) is 6.21. The van der Waals surface area contributed by atoms with E-state index in [1.54, 1.807) is 0 Å². The van der Waals surface area contributed by atoms with Crippen molar-refractivity contribution in [3.8, 4) is 0 Å². The normalized spacial score (nSPS) is 19.9. The van der Waals surface area contributed by atoms with Crippen LogP contribution in [0.4, 0.5) is 5.69 Å². The number of aryl methyl sites for hydroxylation is 2. The first-order valence-electron chi connectivity index (χ1n) is 10.2. The number of fused-ring (bicyclic) bond motifs is 1. The molecular weight excluding hydrogens is 336 g/mol. The van der Waals surface area contributed by atoms with Gasteiger partial charge < -0.3 is 9.80 Å². The van der Waals surface area contributed by atoms with Crippen LogP contribution < -0.4 is 4.90 Å². The zero-order valence-electron chi connectivity index (χ0n) is 16.7. The van der Waals surface area contributed by atoms with E-state index < -0.39 is 0 Å². The Morgan fingerprint density at radius 3 is 2.74 bits per heavy atom. The van der Waals surface area contributed by atoms with Gasteiger partial charge in [0.25, 0.3) is 0 Å². The fraction of sp³-hybridized carbons (Fsp3) is 0.545. The average molecular weight is 367 g/mol. The van der Waals surface area contributed by atoms with Crippen molar-refractivity contribution < 1.29 is 4.79 Å². The fourth-order valence-corrected chi connectivity index (χ4v) is 4.34. The van der Waals surface area contributed by atoms with E-state index in [0.717, 1.165) is 44.9 Å². The molecule has 27 heavy (non-hydrogen) atoms. The summed E-state index contributed by atoms with van der Waals surface area (Å²) in [7, 11) is 0. The van der Waals surface area contributed by atoms with Crippen molar-refractivity contribution in [2.75, 3.05) is 31.1 Å². The maximum absolute atomic E-state index is 12.8. The summed E-state index contributed by atoms with van der Waals surface area (Å²) in [5.41, 5.74) is 6.49. The van der Waals surface area contributed by atoms with E-state index in [0.29, 0.717) is 6.54 Å². The highest BCUT2D eigenvalue weighted by atomic mass is 16.2. The highest BCUT2D eigenvalue weighted by Crippen LogP contribution is 2.25. The van der Waals surface area contributed by atoms with Crippen LogP contribution in [-0.2, 0) is 24.2 Å². The molecule has 2 aliphatic rings. The minimum absolute atomic E-state index is 0.184. The monoisotopic (exact) mass is 366 g/mol. The van der Waals surface area contributed by atoms with Gasteiger partial charge in [0.05, 0.1) is 5.69 Å². The molecule has 2 heterocycles. The van der Waals surface area contributed by atoms with Gasteiger partial charge in [-0.15, -0.1) is 0 Å². The van der Waals surface area contributed by atoms with Gasteiger partial charge in [0.1, 0.15) is 6.54 Å². The number of aromatic nitrogens is 2. The quantitative estimate of drug-likeness (QED) is 0.839. The lowest BCUT2D eigenvalue weighted by Crippen LogP contribution is -2.49. The van der Waals surface area contributed by atoms with Gasteiger partial charge in [-0.2, -0.15) is 5.10 Å². The molecule has 1 unspecified atom stereocenters. The number of carbonyl (C=O) groups is 1. The highest BCUT2D eigenvalue weighted by molar-refractivity contribution is 5.76. The van der Waals surface area contributed by atoms with E-state index in [2.05, 4.69) is 55.2 Å². The molecule has 1 fully saturated rings. The van der Waals surface area contributed by atoms with Crippen molar-refractivity contribution in [2.24, 2.45) is 5.92 Å². The summed E-state index contributed by atoms with van der Waals surface area (Å²) >= 11 is 0. The molecule has 0 saturated carbocycles. The molecule has 1 atom stereocenters. The second-order valence-electron chi connectivity index (χ2n) is 8.23. The predicted octanol–water partition coefficient (Wildman–Crippen LogP) is 2.97. The first kappa shape index (κ1) is 18.1. The topological polar surface area (TPSA) is 41.4 Å². The van der Waals surface area contributed by atoms with Crippen molar-refractivity contribution in [1.29, 1.82) is 0 Å². The number of benzene rings is 1. The molecule has 5 heteroatoms. The van der Waals surface area contributed by atoms with E-state index >= 15 is 0 Å². The zero-order valence-corrected chi connectivity index (χ0v) is 16.7. The van der Waals surface area contributed by atoms with Crippen LogP contribution in [0.25, 0.3) is 0 Å². The summed E-state index contributed by atoms with van der Waals surface area (Å²) in [6.45, 7) is 10.3. The molecule has 2 aromatic rings. The van der Waals surface area contributed by atoms with Crippen LogP contribution in [0.15, 0.2) is 24.4 Å². The molecule has 4 rings (SSSR count). The second kappa shape index (κ2) is 7.37. The predicted molar refractivity (Wildman–Crippen MR) is 108 cm³/mol. The zero-order chi connectivity index (χ0) is 19.0. The number of hydrogen-bond donors (Lipinski definition) is 0.